The van der Waals surface area contributed by atoms with Crippen LogP contribution >= 0.6 is 11.6 Å². The first kappa shape index (κ1) is 13.5. The lowest BCUT2D eigenvalue weighted by atomic mass is 9.85. The molecule has 0 aliphatic carbocycles. The van der Waals surface area contributed by atoms with Gasteiger partial charge in [-0.1, -0.05) is 39.3 Å². The first-order valence-electron chi connectivity index (χ1n) is 5.76. The average molecular weight is 244 g/mol. The highest BCUT2D eigenvalue weighted by atomic mass is 35.5. The Morgan fingerprint density at radius 2 is 2.12 bits per heavy atom. The van der Waals surface area contributed by atoms with Gasteiger partial charge in [-0.3, -0.25) is 4.68 Å². The van der Waals surface area contributed by atoms with Gasteiger partial charge in [0, 0.05) is 18.5 Å². The fourth-order valence-electron chi connectivity index (χ4n) is 1.96. The van der Waals surface area contributed by atoms with Crippen molar-refractivity contribution in [1.29, 1.82) is 0 Å². The maximum Gasteiger partial charge on any atom is 0.0823 e. The van der Waals surface area contributed by atoms with Crippen LogP contribution < -0.4 is 5.32 Å². The maximum atomic E-state index is 6.17. The Morgan fingerprint density at radius 3 is 2.56 bits per heavy atom. The summed E-state index contributed by atoms with van der Waals surface area (Å²) in [6, 6.07) is 0.526. The molecule has 0 amide bonds. The normalized spacial score (nSPS) is 12.4. The van der Waals surface area contributed by atoms with Crippen LogP contribution in [0.15, 0.2) is 6.20 Å². The lowest BCUT2D eigenvalue weighted by Crippen LogP contribution is -2.31. The molecule has 1 heterocycles. The number of hydrogen-bond acceptors (Lipinski definition) is 2. The molecule has 0 radical (unpaired) electrons. The molecule has 1 N–H and O–H groups in total. The largest absolute Gasteiger partial charge is 0.314 e. The average Bonchev–Trinajstić information content (AvgIpc) is 2.45. The third-order valence-corrected chi connectivity index (χ3v) is 3.11. The Balaban J connectivity index is 2.70. The van der Waals surface area contributed by atoms with Crippen molar-refractivity contribution in [1.82, 2.24) is 15.1 Å². The van der Waals surface area contributed by atoms with Crippen molar-refractivity contribution >= 4 is 11.6 Å². The van der Waals surface area contributed by atoms with Crippen molar-refractivity contribution in [2.24, 2.45) is 7.05 Å². The topological polar surface area (TPSA) is 29.9 Å². The molecule has 0 bridgehead atoms. The SMILES string of the molecule is CC(C)NCCC(C)(C)c1c(Cl)cnn1C. The zero-order chi connectivity index (χ0) is 12.3. The van der Waals surface area contributed by atoms with Crippen molar-refractivity contribution in [3.05, 3.63) is 16.9 Å². The van der Waals surface area contributed by atoms with Crippen molar-refractivity contribution in [3.8, 4) is 0 Å². The summed E-state index contributed by atoms with van der Waals surface area (Å²) >= 11 is 6.17. The van der Waals surface area contributed by atoms with Crippen LogP contribution in [0.4, 0.5) is 0 Å². The zero-order valence-electron chi connectivity index (χ0n) is 10.8. The smallest absolute Gasteiger partial charge is 0.0823 e. The molecule has 0 saturated carbocycles. The number of aromatic nitrogens is 2. The fraction of sp³-hybridized carbons (Fsp3) is 0.750. The Bertz CT molecular complexity index is 323. The zero-order valence-corrected chi connectivity index (χ0v) is 11.6. The summed E-state index contributed by atoms with van der Waals surface area (Å²) in [5.74, 6) is 0. The maximum absolute atomic E-state index is 6.17. The van der Waals surface area contributed by atoms with E-state index in [1.54, 1.807) is 6.20 Å². The summed E-state index contributed by atoms with van der Waals surface area (Å²) in [5, 5.41) is 8.38. The van der Waals surface area contributed by atoms with Crippen molar-refractivity contribution in [2.45, 2.75) is 45.6 Å². The molecule has 1 aromatic heterocycles. The monoisotopic (exact) mass is 243 g/mol. The number of rotatable bonds is 5. The first-order chi connectivity index (χ1) is 7.34. The van der Waals surface area contributed by atoms with Crippen molar-refractivity contribution in [2.75, 3.05) is 6.54 Å². The summed E-state index contributed by atoms with van der Waals surface area (Å²) in [7, 11) is 1.94. The molecule has 92 valence electrons. The molecule has 1 aromatic rings. The van der Waals surface area contributed by atoms with Gasteiger partial charge in [0.2, 0.25) is 0 Å². The lowest BCUT2D eigenvalue weighted by molar-refractivity contribution is 0.415. The standard InChI is InChI=1S/C12H22ClN3/c1-9(2)14-7-6-12(3,4)11-10(13)8-15-16(11)5/h8-9,14H,6-7H2,1-5H3. The third kappa shape index (κ3) is 3.22. The van der Waals surface area contributed by atoms with E-state index >= 15 is 0 Å². The number of aryl methyl sites for hydroxylation is 1. The molecular weight excluding hydrogens is 222 g/mol. The van der Waals surface area contributed by atoms with Gasteiger partial charge in [-0.25, -0.2) is 0 Å². The Hall–Kier alpha value is -0.540. The van der Waals surface area contributed by atoms with E-state index in [-0.39, 0.29) is 5.41 Å². The molecule has 0 spiro atoms. The molecule has 0 unspecified atom stereocenters. The van der Waals surface area contributed by atoms with Gasteiger partial charge in [0.25, 0.3) is 0 Å². The number of hydrogen-bond donors (Lipinski definition) is 1. The van der Waals surface area contributed by atoms with Crippen LogP contribution in [0.2, 0.25) is 5.02 Å². The van der Waals surface area contributed by atoms with Gasteiger partial charge in [0.15, 0.2) is 0 Å². The number of nitrogens with zero attached hydrogens (tertiary/aromatic N) is 2. The molecule has 0 aromatic carbocycles. The summed E-state index contributed by atoms with van der Waals surface area (Å²) in [4.78, 5) is 0. The molecule has 4 heteroatoms. The predicted octanol–water partition coefficient (Wildman–Crippen LogP) is 2.74. The van der Waals surface area contributed by atoms with E-state index in [1.807, 2.05) is 11.7 Å². The van der Waals surface area contributed by atoms with E-state index in [0.717, 1.165) is 23.7 Å². The minimum Gasteiger partial charge on any atom is -0.314 e. The van der Waals surface area contributed by atoms with Crippen LogP contribution in [0.25, 0.3) is 0 Å². The third-order valence-electron chi connectivity index (χ3n) is 2.84. The molecular formula is C12H22ClN3. The van der Waals surface area contributed by atoms with Gasteiger partial charge in [-0.05, 0) is 13.0 Å². The lowest BCUT2D eigenvalue weighted by Gasteiger charge is -2.26. The van der Waals surface area contributed by atoms with E-state index in [9.17, 15) is 0 Å². The van der Waals surface area contributed by atoms with Crippen molar-refractivity contribution < 1.29 is 0 Å². The van der Waals surface area contributed by atoms with E-state index in [1.165, 1.54) is 0 Å². The van der Waals surface area contributed by atoms with Crippen LogP contribution in [0.1, 0.15) is 39.8 Å². The molecule has 0 saturated heterocycles. The minimum atomic E-state index is 0.0459. The molecule has 0 aliphatic heterocycles. The fourth-order valence-corrected chi connectivity index (χ4v) is 2.39. The molecule has 0 atom stereocenters. The van der Waals surface area contributed by atoms with Gasteiger partial charge < -0.3 is 5.32 Å². The van der Waals surface area contributed by atoms with Gasteiger partial charge in [0.05, 0.1) is 16.9 Å². The molecule has 1 rings (SSSR count). The summed E-state index contributed by atoms with van der Waals surface area (Å²) < 4.78 is 1.87. The van der Waals surface area contributed by atoms with Gasteiger partial charge in [-0.15, -0.1) is 0 Å². The van der Waals surface area contributed by atoms with Gasteiger partial charge >= 0.3 is 0 Å². The van der Waals surface area contributed by atoms with Crippen LogP contribution in [-0.2, 0) is 12.5 Å². The van der Waals surface area contributed by atoms with E-state index in [4.69, 9.17) is 11.6 Å². The number of nitrogens with one attached hydrogen (secondary N) is 1. The highest BCUT2D eigenvalue weighted by molar-refractivity contribution is 6.31. The van der Waals surface area contributed by atoms with Crippen molar-refractivity contribution in [3.63, 3.8) is 0 Å². The Morgan fingerprint density at radius 1 is 1.50 bits per heavy atom. The molecule has 0 fully saturated rings. The first-order valence-corrected chi connectivity index (χ1v) is 6.14. The molecule has 16 heavy (non-hydrogen) atoms. The minimum absolute atomic E-state index is 0.0459. The van der Waals surface area contributed by atoms with Crippen LogP contribution in [-0.4, -0.2) is 22.4 Å². The van der Waals surface area contributed by atoms with E-state index in [2.05, 4.69) is 38.1 Å². The van der Waals surface area contributed by atoms with E-state index in [0.29, 0.717) is 6.04 Å². The summed E-state index contributed by atoms with van der Waals surface area (Å²) in [6.07, 6.45) is 2.76. The quantitative estimate of drug-likeness (QED) is 0.862. The summed E-state index contributed by atoms with van der Waals surface area (Å²) in [6.45, 7) is 9.72. The highest BCUT2D eigenvalue weighted by Crippen LogP contribution is 2.31. The van der Waals surface area contributed by atoms with E-state index < -0.39 is 0 Å². The Kier molecular flexibility index (Phi) is 4.39. The molecule has 0 aliphatic rings. The highest BCUT2D eigenvalue weighted by Gasteiger charge is 2.26. The van der Waals surface area contributed by atoms with Crippen LogP contribution in [0, 0.1) is 0 Å². The van der Waals surface area contributed by atoms with Gasteiger partial charge in [-0.2, -0.15) is 5.10 Å². The van der Waals surface area contributed by atoms with Crippen LogP contribution in [0.3, 0.4) is 0 Å². The second-order valence-electron chi connectivity index (χ2n) is 5.21. The Labute approximate surface area is 103 Å². The predicted molar refractivity (Wildman–Crippen MR) is 69.0 cm³/mol. The second-order valence-corrected chi connectivity index (χ2v) is 5.61. The summed E-state index contributed by atoms with van der Waals surface area (Å²) in [5.41, 5.74) is 1.16. The van der Waals surface area contributed by atoms with Gasteiger partial charge in [0.1, 0.15) is 0 Å². The second kappa shape index (κ2) is 5.19. The molecule has 3 nitrogen and oxygen atoms in total. The van der Waals surface area contributed by atoms with Crippen LogP contribution in [0.5, 0.6) is 0 Å². The number of halogens is 1.